The molecule has 0 radical (unpaired) electrons. The van der Waals surface area contributed by atoms with Gasteiger partial charge in [0, 0.05) is 11.4 Å². The summed E-state index contributed by atoms with van der Waals surface area (Å²) < 4.78 is 4.93. The molecule has 2 aromatic rings. The van der Waals surface area contributed by atoms with E-state index in [1.165, 1.54) is 7.11 Å². The van der Waals surface area contributed by atoms with Crippen molar-refractivity contribution in [1.82, 2.24) is 14.8 Å². The fourth-order valence-electron chi connectivity index (χ4n) is 4.71. The van der Waals surface area contributed by atoms with Gasteiger partial charge in [0.05, 0.1) is 30.4 Å². The van der Waals surface area contributed by atoms with Crippen molar-refractivity contribution >= 4 is 34.7 Å². The van der Waals surface area contributed by atoms with Crippen LogP contribution in [0.15, 0.2) is 24.3 Å². The molecule has 0 unspecified atom stereocenters. The number of imide groups is 2. The Morgan fingerprint density at radius 3 is 2.55 bits per heavy atom. The normalized spacial score (nSPS) is 21.8. The van der Waals surface area contributed by atoms with Gasteiger partial charge in [-0.05, 0) is 37.3 Å². The van der Waals surface area contributed by atoms with Crippen LogP contribution in [-0.4, -0.2) is 51.8 Å². The van der Waals surface area contributed by atoms with Gasteiger partial charge in [-0.1, -0.05) is 38.0 Å². The molecular weight excluding hydrogens is 398 g/mol. The standard InChI is InChI=1S/C23H25N3O5/c1-13-8-4-7-11-18(13)26-21(28)20(27)25(23(26)30)12-17-19(22(29)31-3)14(2)15-9-5-6-10-16(15)24-17/h5-6,9-10,13,18H,4,7-8,11-12H2,1-3H3/t13-,18-/m1/s1. The van der Waals surface area contributed by atoms with Crippen LogP contribution in [-0.2, 0) is 20.9 Å². The predicted molar refractivity (Wildman–Crippen MR) is 112 cm³/mol. The maximum atomic E-state index is 13.1. The Bertz CT molecular complexity index is 1100. The third kappa shape index (κ3) is 3.45. The molecule has 0 bridgehead atoms. The number of pyridine rings is 1. The van der Waals surface area contributed by atoms with Gasteiger partial charge in [-0.25, -0.2) is 19.5 Å². The number of aromatic nitrogens is 1. The summed E-state index contributed by atoms with van der Waals surface area (Å²) in [7, 11) is 1.27. The first-order valence-corrected chi connectivity index (χ1v) is 10.5. The SMILES string of the molecule is COC(=O)c1c(CN2C(=O)C(=O)N([C@@H]3CCCC[C@H]3C)C2=O)nc2ccccc2c1C. The van der Waals surface area contributed by atoms with Gasteiger partial charge < -0.3 is 4.74 Å². The molecule has 1 saturated heterocycles. The van der Waals surface area contributed by atoms with E-state index in [1.807, 2.05) is 25.1 Å². The van der Waals surface area contributed by atoms with Crippen molar-refractivity contribution in [2.24, 2.45) is 5.92 Å². The highest BCUT2D eigenvalue weighted by Crippen LogP contribution is 2.32. The van der Waals surface area contributed by atoms with Crippen LogP contribution in [0.1, 0.15) is 54.2 Å². The van der Waals surface area contributed by atoms with E-state index in [0.717, 1.165) is 34.4 Å². The lowest BCUT2D eigenvalue weighted by molar-refractivity contribution is -0.144. The summed E-state index contributed by atoms with van der Waals surface area (Å²) in [6, 6.07) is 6.37. The van der Waals surface area contributed by atoms with E-state index in [4.69, 9.17) is 4.74 Å². The highest BCUT2D eigenvalue weighted by atomic mass is 16.5. The second-order valence-corrected chi connectivity index (χ2v) is 8.25. The smallest absolute Gasteiger partial charge is 0.340 e. The first-order valence-electron chi connectivity index (χ1n) is 10.5. The topological polar surface area (TPSA) is 96.9 Å². The van der Waals surface area contributed by atoms with Crippen LogP contribution in [0.2, 0.25) is 0 Å². The number of methoxy groups -OCH3 is 1. The molecule has 1 aromatic heterocycles. The zero-order valence-electron chi connectivity index (χ0n) is 17.9. The third-order valence-corrected chi connectivity index (χ3v) is 6.41. The molecule has 4 rings (SSSR count). The van der Waals surface area contributed by atoms with Gasteiger partial charge in [0.1, 0.15) is 0 Å². The molecule has 1 aliphatic carbocycles. The molecule has 0 spiro atoms. The van der Waals surface area contributed by atoms with E-state index in [2.05, 4.69) is 4.98 Å². The Kier molecular flexibility index (Phi) is 5.47. The van der Waals surface area contributed by atoms with E-state index in [9.17, 15) is 19.2 Å². The average molecular weight is 423 g/mol. The van der Waals surface area contributed by atoms with Crippen molar-refractivity contribution < 1.29 is 23.9 Å². The molecule has 2 aliphatic rings. The number of nitrogens with zero attached hydrogens (tertiary/aromatic N) is 3. The Labute approximate surface area is 180 Å². The minimum absolute atomic E-state index is 0.140. The zero-order valence-corrected chi connectivity index (χ0v) is 17.9. The summed E-state index contributed by atoms with van der Waals surface area (Å²) >= 11 is 0. The number of hydrogen-bond donors (Lipinski definition) is 0. The lowest BCUT2D eigenvalue weighted by Gasteiger charge is -2.34. The van der Waals surface area contributed by atoms with Crippen molar-refractivity contribution in [3.05, 3.63) is 41.1 Å². The largest absolute Gasteiger partial charge is 0.465 e. The second-order valence-electron chi connectivity index (χ2n) is 8.25. The predicted octanol–water partition coefficient (Wildman–Crippen LogP) is 3.20. The van der Waals surface area contributed by atoms with Crippen LogP contribution in [0.25, 0.3) is 10.9 Å². The molecule has 2 heterocycles. The monoisotopic (exact) mass is 423 g/mol. The Morgan fingerprint density at radius 1 is 1.13 bits per heavy atom. The van der Waals surface area contributed by atoms with E-state index in [-0.39, 0.29) is 29.8 Å². The van der Waals surface area contributed by atoms with Crippen molar-refractivity contribution in [2.75, 3.05) is 7.11 Å². The van der Waals surface area contributed by atoms with Crippen LogP contribution in [0.5, 0.6) is 0 Å². The number of carbonyl (C=O) groups excluding carboxylic acids is 4. The van der Waals surface area contributed by atoms with Gasteiger partial charge in [-0.15, -0.1) is 0 Å². The number of ether oxygens (including phenoxy) is 1. The van der Waals surface area contributed by atoms with Crippen molar-refractivity contribution in [3.8, 4) is 0 Å². The Hall–Kier alpha value is -3.29. The van der Waals surface area contributed by atoms with Crippen molar-refractivity contribution in [3.63, 3.8) is 0 Å². The van der Waals surface area contributed by atoms with Gasteiger partial charge >= 0.3 is 23.8 Å². The number of fused-ring (bicyclic) bond motifs is 1. The molecule has 1 aliphatic heterocycles. The molecule has 31 heavy (non-hydrogen) atoms. The number of hydrogen-bond acceptors (Lipinski definition) is 6. The minimum Gasteiger partial charge on any atom is -0.465 e. The molecule has 2 atom stereocenters. The average Bonchev–Trinajstić information content (AvgIpc) is 2.97. The molecule has 8 nitrogen and oxygen atoms in total. The zero-order chi connectivity index (χ0) is 22.3. The summed E-state index contributed by atoms with van der Waals surface area (Å²) in [5.41, 5.74) is 1.72. The van der Waals surface area contributed by atoms with E-state index in [1.54, 1.807) is 13.0 Å². The number of aryl methyl sites for hydroxylation is 1. The van der Waals surface area contributed by atoms with Crippen LogP contribution >= 0.6 is 0 Å². The Morgan fingerprint density at radius 2 is 1.84 bits per heavy atom. The number of rotatable bonds is 4. The molecule has 162 valence electrons. The number of carbonyl (C=O) groups is 4. The van der Waals surface area contributed by atoms with Gasteiger partial charge in [-0.2, -0.15) is 0 Å². The first kappa shape index (κ1) is 21.0. The van der Waals surface area contributed by atoms with Crippen LogP contribution in [0.4, 0.5) is 4.79 Å². The fraction of sp³-hybridized carbons (Fsp3) is 0.435. The number of urea groups is 1. The number of amides is 4. The number of para-hydroxylation sites is 1. The first-order chi connectivity index (χ1) is 14.8. The van der Waals surface area contributed by atoms with E-state index < -0.39 is 23.8 Å². The molecular formula is C23H25N3O5. The van der Waals surface area contributed by atoms with Gasteiger partial charge in [0.15, 0.2) is 0 Å². The maximum absolute atomic E-state index is 13.1. The van der Waals surface area contributed by atoms with Crippen LogP contribution < -0.4 is 0 Å². The summed E-state index contributed by atoms with van der Waals surface area (Å²) in [5, 5.41) is 0.777. The summed E-state index contributed by atoms with van der Waals surface area (Å²) in [6.45, 7) is 3.51. The van der Waals surface area contributed by atoms with Crippen molar-refractivity contribution in [2.45, 2.75) is 52.1 Å². The fourth-order valence-corrected chi connectivity index (χ4v) is 4.71. The lowest BCUT2D eigenvalue weighted by atomic mass is 9.85. The summed E-state index contributed by atoms with van der Waals surface area (Å²) in [4.78, 5) is 57.7. The maximum Gasteiger partial charge on any atom is 0.340 e. The molecule has 4 amide bonds. The molecule has 0 N–H and O–H groups in total. The molecule has 1 aromatic carbocycles. The number of benzene rings is 1. The van der Waals surface area contributed by atoms with Crippen LogP contribution in [0, 0.1) is 12.8 Å². The minimum atomic E-state index is -0.883. The van der Waals surface area contributed by atoms with Crippen LogP contribution in [0.3, 0.4) is 0 Å². The van der Waals surface area contributed by atoms with Crippen molar-refractivity contribution in [1.29, 1.82) is 0 Å². The van der Waals surface area contributed by atoms with Gasteiger partial charge in [0.25, 0.3) is 0 Å². The molecule has 8 heteroatoms. The van der Waals surface area contributed by atoms with Gasteiger partial charge in [0.2, 0.25) is 0 Å². The third-order valence-electron chi connectivity index (χ3n) is 6.41. The quantitative estimate of drug-likeness (QED) is 0.426. The van der Waals surface area contributed by atoms with E-state index >= 15 is 0 Å². The van der Waals surface area contributed by atoms with E-state index in [0.29, 0.717) is 17.5 Å². The highest BCUT2D eigenvalue weighted by molar-refractivity contribution is 6.44. The van der Waals surface area contributed by atoms with Gasteiger partial charge in [-0.3, -0.25) is 14.5 Å². The number of esters is 1. The highest BCUT2D eigenvalue weighted by Gasteiger charge is 2.49. The second kappa shape index (κ2) is 8.09. The lowest BCUT2D eigenvalue weighted by Crippen LogP contribution is -2.46. The summed E-state index contributed by atoms with van der Waals surface area (Å²) in [5.74, 6) is -2.15. The Balaban J connectivity index is 1.73. The molecule has 2 fully saturated rings. The molecule has 1 saturated carbocycles. The summed E-state index contributed by atoms with van der Waals surface area (Å²) in [6.07, 6.45) is 3.57.